The molecule has 0 saturated carbocycles. The fraction of sp³-hybridized carbons (Fsp3) is 0. The first-order valence-corrected chi connectivity index (χ1v) is 5.99. The Morgan fingerprint density at radius 1 is 0.824 bits per heavy atom. The summed E-state index contributed by atoms with van der Waals surface area (Å²) in [6.07, 6.45) is 0. The van der Waals surface area contributed by atoms with E-state index in [0.717, 1.165) is 5.69 Å². The van der Waals surface area contributed by atoms with Crippen LogP contribution in [0.4, 0.5) is 11.4 Å². The zero-order valence-corrected chi connectivity index (χ0v) is 9.63. The van der Waals surface area contributed by atoms with Gasteiger partial charge in [-0.25, -0.2) is 0 Å². The summed E-state index contributed by atoms with van der Waals surface area (Å²) < 4.78 is 21.3. The van der Waals surface area contributed by atoms with Crippen molar-refractivity contribution in [2.75, 3.05) is 0 Å². The number of hydrogen-bond donors (Lipinski definition) is 0. The summed E-state index contributed by atoms with van der Waals surface area (Å²) >= 11 is -2.20. The first-order chi connectivity index (χ1) is 8.25. The van der Waals surface area contributed by atoms with E-state index < -0.39 is 11.1 Å². The lowest BCUT2D eigenvalue weighted by Crippen LogP contribution is -1.86. The Kier molecular flexibility index (Phi) is 3.74. The van der Waals surface area contributed by atoms with Gasteiger partial charge in [-0.1, -0.05) is 18.2 Å². The number of nitrogens with zero attached hydrogens (tertiary/aromatic N) is 2. The molecule has 0 bridgehead atoms. The predicted molar refractivity (Wildman–Crippen MR) is 64.2 cm³/mol. The molecule has 0 amide bonds. The molecule has 0 N–H and O–H groups in total. The van der Waals surface area contributed by atoms with Gasteiger partial charge in [0.1, 0.15) is 0 Å². The Bertz CT molecular complexity index is 538. The summed E-state index contributed by atoms with van der Waals surface area (Å²) in [5.74, 6) is 0. The molecule has 1 unspecified atom stereocenters. The number of hydrogen-bond acceptors (Lipinski definition) is 4. The van der Waals surface area contributed by atoms with Crippen LogP contribution >= 0.6 is 0 Å². The highest BCUT2D eigenvalue weighted by atomic mass is 32.2. The molecule has 5 heteroatoms. The molecule has 86 valence electrons. The molecule has 2 aromatic rings. The van der Waals surface area contributed by atoms with Crippen LogP contribution < -0.4 is 0 Å². The number of azo groups is 1. The van der Waals surface area contributed by atoms with Crippen molar-refractivity contribution >= 4 is 22.5 Å². The fourth-order valence-corrected chi connectivity index (χ4v) is 1.59. The maximum absolute atomic E-state index is 10.6. The SMILES string of the molecule is O=S([O-])c1ccc(N=Nc2ccccc2)cc1. The average Bonchev–Trinajstić information content (AvgIpc) is 2.38. The molecule has 0 saturated heterocycles. The molecule has 0 aliphatic rings. The van der Waals surface area contributed by atoms with Gasteiger partial charge < -0.3 is 4.55 Å². The molecule has 2 rings (SSSR count). The van der Waals surface area contributed by atoms with Gasteiger partial charge in [0.25, 0.3) is 0 Å². The maximum atomic E-state index is 10.6. The number of benzene rings is 2. The minimum Gasteiger partial charge on any atom is -0.768 e. The second-order valence-electron chi connectivity index (χ2n) is 3.26. The van der Waals surface area contributed by atoms with E-state index in [-0.39, 0.29) is 4.90 Å². The van der Waals surface area contributed by atoms with Gasteiger partial charge in [-0.2, -0.15) is 10.2 Å². The third kappa shape index (κ3) is 3.30. The van der Waals surface area contributed by atoms with Crippen LogP contribution in [-0.4, -0.2) is 8.76 Å². The first kappa shape index (κ1) is 11.6. The van der Waals surface area contributed by atoms with E-state index in [4.69, 9.17) is 0 Å². The lowest BCUT2D eigenvalue weighted by Gasteiger charge is -2.03. The summed E-state index contributed by atoms with van der Waals surface area (Å²) in [5, 5.41) is 8.02. The van der Waals surface area contributed by atoms with E-state index in [1.807, 2.05) is 30.3 Å². The molecule has 1 atom stereocenters. The van der Waals surface area contributed by atoms with E-state index in [1.165, 1.54) is 12.1 Å². The van der Waals surface area contributed by atoms with Crippen LogP contribution in [0, 0.1) is 0 Å². The van der Waals surface area contributed by atoms with Crippen LogP contribution in [0.2, 0.25) is 0 Å². The van der Waals surface area contributed by atoms with Gasteiger partial charge in [0.05, 0.1) is 11.4 Å². The standard InChI is InChI=1S/C12H10N2O2S/c15-17(16)12-8-6-11(7-9-12)14-13-10-4-2-1-3-5-10/h1-9H,(H,15,16)/p-1. The van der Waals surface area contributed by atoms with Crippen LogP contribution in [0.15, 0.2) is 69.7 Å². The molecular weight excluding hydrogens is 236 g/mol. The van der Waals surface area contributed by atoms with Crippen LogP contribution in [0.5, 0.6) is 0 Å². The van der Waals surface area contributed by atoms with Crippen molar-refractivity contribution in [3.63, 3.8) is 0 Å². The van der Waals surface area contributed by atoms with Gasteiger partial charge in [-0.15, -0.1) is 0 Å². The molecule has 0 aliphatic heterocycles. The highest BCUT2D eigenvalue weighted by Gasteiger charge is 1.93. The summed E-state index contributed by atoms with van der Waals surface area (Å²) in [6.45, 7) is 0. The molecule has 0 aromatic heterocycles. The van der Waals surface area contributed by atoms with Crippen molar-refractivity contribution in [2.45, 2.75) is 4.90 Å². The lowest BCUT2D eigenvalue weighted by atomic mass is 10.3. The highest BCUT2D eigenvalue weighted by molar-refractivity contribution is 7.79. The smallest absolute Gasteiger partial charge is 0.0857 e. The van der Waals surface area contributed by atoms with Crippen LogP contribution in [0.1, 0.15) is 0 Å². The van der Waals surface area contributed by atoms with Crippen molar-refractivity contribution in [2.24, 2.45) is 10.2 Å². The predicted octanol–water partition coefficient (Wildman–Crippen LogP) is 3.34. The Morgan fingerprint density at radius 3 is 1.88 bits per heavy atom. The van der Waals surface area contributed by atoms with Crippen molar-refractivity contribution in [3.8, 4) is 0 Å². The van der Waals surface area contributed by atoms with Gasteiger partial charge in [-0.3, -0.25) is 4.21 Å². The van der Waals surface area contributed by atoms with Crippen molar-refractivity contribution in [3.05, 3.63) is 54.6 Å². The number of rotatable bonds is 3. The monoisotopic (exact) mass is 245 g/mol. The quantitative estimate of drug-likeness (QED) is 0.614. The van der Waals surface area contributed by atoms with Crippen LogP contribution in [0.3, 0.4) is 0 Å². The van der Waals surface area contributed by atoms with E-state index in [2.05, 4.69) is 10.2 Å². The van der Waals surface area contributed by atoms with E-state index >= 15 is 0 Å². The Hall–Kier alpha value is -1.85. The molecule has 0 aliphatic carbocycles. The molecule has 0 heterocycles. The molecule has 2 aromatic carbocycles. The van der Waals surface area contributed by atoms with E-state index in [1.54, 1.807) is 12.1 Å². The van der Waals surface area contributed by atoms with Crippen LogP contribution in [-0.2, 0) is 11.1 Å². The normalized spacial score (nSPS) is 12.8. The maximum Gasteiger partial charge on any atom is 0.0857 e. The largest absolute Gasteiger partial charge is 0.768 e. The van der Waals surface area contributed by atoms with Gasteiger partial charge >= 0.3 is 0 Å². The zero-order valence-electron chi connectivity index (χ0n) is 8.82. The molecular formula is C12H9N2O2S-. The van der Waals surface area contributed by atoms with Crippen molar-refractivity contribution in [1.29, 1.82) is 0 Å². The Balaban J connectivity index is 2.14. The molecule has 17 heavy (non-hydrogen) atoms. The van der Waals surface area contributed by atoms with Crippen molar-refractivity contribution in [1.82, 2.24) is 0 Å². The lowest BCUT2D eigenvalue weighted by molar-refractivity contribution is 0.537. The van der Waals surface area contributed by atoms with Gasteiger partial charge in [-0.05, 0) is 47.5 Å². The minimum atomic E-state index is -2.20. The minimum absolute atomic E-state index is 0.240. The topological polar surface area (TPSA) is 64.8 Å². The zero-order chi connectivity index (χ0) is 12.1. The highest BCUT2D eigenvalue weighted by Crippen LogP contribution is 2.18. The third-order valence-corrected chi connectivity index (χ3v) is 2.72. The first-order valence-electron chi connectivity index (χ1n) is 4.92. The van der Waals surface area contributed by atoms with E-state index in [9.17, 15) is 8.76 Å². The second kappa shape index (κ2) is 5.47. The van der Waals surface area contributed by atoms with E-state index in [0.29, 0.717) is 5.69 Å². The van der Waals surface area contributed by atoms with Gasteiger partial charge in [0, 0.05) is 4.90 Å². The third-order valence-electron chi connectivity index (χ3n) is 2.07. The Morgan fingerprint density at radius 2 is 1.35 bits per heavy atom. The van der Waals surface area contributed by atoms with Crippen LogP contribution in [0.25, 0.3) is 0 Å². The van der Waals surface area contributed by atoms with Gasteiger partial charge in [0.15, 0.2) is 0 Å². The molecule has 0 fully saturated rings. The summed E-state index contributed by atoms with van der Waals surface area (Å²) in [4.78, 5) is 0.240. The van der Waals surface area contributed by atoms with Crippen molar-refractivity contribution < 1.29 is 8.76 Å². The second-order valence-corrected chi connectivity index (χ2v) is 4.20. The fourth-order valence-electron chi connectivity index (χ4n) is 1.23. The van der Waals surface area contributed by atoms with Gasteiger partial charge in [0.2, 0.25) is 0 Å². The Labute approximate surface area is 101 Å². The molecule has 0 radical (unpaired) electrons. The molecule has 4 nitrogen and oxygen atoms in total. The summed E-state index contributed by atoms with van der Waals surface area (Å²) in [5.41, 5.74) is 1.37. The average molecular weight is 245 g/mol. The summed E-state index contributed by atoms with van der Waals surface area (Å²) in [6, 6.07) is 15.5. The summed E-state index contributed by atoms with van der Waals surface area (Å²) in [7, 11) is 0. The molecule has 0 spiro atoms.